The second-order valence-corrected chi connectivity index (χ2v) is 12.1. The number of nitriles is 1. The quantitative estimate of drug-likeness (QED) is 0.253. The lowest BCUT2D eigenvalue weighted by Crippen LogP contribution is -2.43. The number of anilines is 2. The van der Waals surface area contributed by atoms with E-state index in [1.807, 2.05) is 17.3 Å². The number of pyridine rings is 1. The maximum Gasteiger partial charge on any atom is 0.130 e. The lowest BCUT2D eigenvalue weighted by atomic mass is 9.96. The number of aromatic nitrogens is 1. The number of nitrogens with one attached hydrogen (secondary N) is 4. The van der Waals surface area contributed by atoms with Crippen LogP contribution in [0, 0.1) is 22.6 Å². The van der Waals surface area contributed by atoms with E-state index in [0.29, 0.717) is 55.7 Å². The van der Waals surface area contributed by atoms with Crippen molar-refractivity contribution in [1.82, 2.24) is 21.0 Å². The molecule has 1 fully saturated rings. The van der Waals surface area contributed by atoms with Crippen LogP contribution in [-0.4, -0.2) is 22.1 Å². The van der Waals surface area contributed by atoms with Gasteiger partial charge in [0, 0.05) is 40.6 Å². The molecule has 2 aromatic carbocycles. The van der Waals surface area contributed by atoms with Crippen molar-refractivity contribution in [2.24, 2.45) is 5.41 Å². The molecule has 4 N–H and O–H groups in total. The van der Waals surface area contributed by atoms with Gasteiger partial charge in [0.25, 0.3) is 0 Å². The van der Waals surface area contributed by atoms with Gasteiger partial charge in [-0.3, -0.25) is 9.99 Å². The van der Waals surface area contributed by atoms with E-state index in [1.54, 1.807) is 18.2 Å². The highest BCUT2D eigenvalue weighted by Crippen LogP contribution is 2.43. The summed E-state index contributed by atoms with van der Waals surface area (Å²) >= 11 is 13.2. The van der Waals surface area contributed by atoms with Crippen LogP contribution in [-0.2, 0) is 0 Å². The predicted octanol–water partition coefficient (Wildman–Crippen LogP) is 6.88. The van der Waals surface area contributed by atoms with Crippen LogP contribution in [0.25, 0.3) is 10.9 Å². The molecule has 0 bridgehead atoms. The number of rotatable bonds is 7. The Morgan fingerprint density at radius 1 is 1.24 bits per heavy atom. The molecule has 3 aromatic rings. The molecular weight excluding hydrogens is 524 g/mol. The highest BCUT2D eigenvalue weighted by Gasteiger charge is 2.45. The van der Waals surface area contributed by atoms with Gasteiger partial charge in [-0.2, -0.15) is 5.26 Å². The summed E-state index contributed by atoms with van der Waals surface area (Å²) in [5, 5.41) is 20.0. The van der Waals surface area contributed by atoms with E-state index >= 15 is 4.39 Å². The van der Waals surface area contributed by atoms with Crippen molar-refractivity contribution in [1.29, 1.82) is 5.26 Å². The third-order valence-corrected chi connectivity index (χ3v) is 7.51. The summed E-state index contributed by atoms with van der Waals surface area (Å²) in [5.41, 5.74) is 9.65. The largest absolute Gasteiger partial charge is 0.383 e. The molecule has 1 aromatic heterocycles. The van der Waals surface area contributed by atoms with Gasteiger partial charge in [-0.25, -0.2) is 4.39 Å². The first-order valence-corrected chi connectivity index (χ1v) is 13.2. The van der Waals surface area contributed by atoms with Crippen molar-refractivity contribution in [3.05, 3.63) is 75.4 Å². The average molecular weight is 555 g/mol. The molecule has 38 heavy (non-hydrogen) atoms. The van der Waals surface area contributed by atoms with Crippen LogP contribution in [0.2, 0.25) is 10.0 Å². The molecule has 1 unspecified atom stereocenters. The molecule has 1 atom stereocenters. The van der Waals surface area contributed by atoms with Gasteiger partial charge < -0.3 is 16.1 Å². The van der Waals surface area contributed by atoms with Crippen LogP contribution in [0.4, 0.5) is 15.8 Å². The topological polar surface area (TPSA) is 88.0 Å². The number of benzene rings is 2. The highest BCUT2D eigenvalue weighted by molar-refractivity contribution is 6.36. The molecule has 10 heteroatoms. The third kappa shape index (κ3) is 5.19. The van der Waals surface area contributed by atoms with Crippen LogP contribution in [0.15, 0.2) is 48.4 Å². The Hall–Kier alpha value is -3.25. The molecule has 1 saturated carbocycles. The summed E-state index contributed by atoms with van der Waals surface area (Å²) < 4.78 is 15.2. The number of hydrogen-bond donors (Lipinski definition) is 4. The van der Waals surface area contributed by atoms with E-state index in [1.165, 1.54) is 12.3 Å². The third-order valence-electron chi connectivity index (χ3n) is 6.90. The number of nitrogens with zero attached hydrogens (tertiary/aromatic N) is 3. The van der Waals surface area contributed by atoms with E-state index in [2.05, 4.69) is 60.3 Å². The van der Waals surface area contributed by atoms with E-state index in [-0.39, 0.29) is 11.0 Å². The van der Waals surface area contributed by atoms with E-state index in [9.17, 15) is 5.26 Å². The maximum absolute atomic E-state index is 15.2. The van der Waals surface area contributed by atoms with Gasteiger partial charge in [-0.15, -0.1) is 5.53 Å². The van der Waals surface area contributed by atoms with Gasteiger partial charge in [0.2, 0.25) is 0 Å². The lowest BCUT2D eigenvalue weighted by molar-refractivity contribution is 0.190. The highest BCUT2D eigenvalue weighted by atomic mass is 35.5. The normalized spacial score (nSPS) is 17.0. The van der Waals surface area contributed by atoms with Gasteiger partial charge in [-0.05, 0) is 49.4 Å². The molecule has 5 rings (SSSR count). The van der Waals surface area contributed by atoms with E-state index in [4.69, 9.17) is 23.2 Å². The number of hydrogen-bond acceptors (Lipinski definition) is 7. The average Bonchev–Trinajstić information content (AvgIpc) is 3.40. The van der Waals surface area contributed by atoms with Crippen molar-refractivity contribution >= 4 is 45.5 Å². The van der Waals surface area contributed by atoms with Crippen LogP contribution in [0.3, 0.4) is 0 Å². The lowest BCUT2D eigenvalue weighted by Gasteiger charge is -2.24. The van der Waals surface area contributed by atoms with Crippen molar-refractivity contribution in [2.45, 2.75) is 52.1 Å². The number of halogens is 3. The van der Waals surface area contributed by atoms with Crippen molar-refractivity contribution < 1.29 is 4.39 Å². The van der Waals surface area contributed by atoms with Crippen LogP contribution in [0.1, 0.15) is 57.7 Å². The molecule has 1 aliphatic heterocycles. The fourth-order valence-corrected chi connectivity index (χ4v) is 4.96. The zero-order valence-electron chi connectivity index (χ0n) is 21.7. The molecule has 0 spiro atoms. The first-order valence-electron chi connectivity index (χ1n) is 12.5. The van der Waals surface area contributed by atoms with Gasteiger partial charge in [0.1, 0.15) is 11.9 Å². The SMILES string of the molecule is CC(C)(C)CNc1c(C#N)cnc2c(Cl)cc(NC(C3=CN(C4(C)CC4)NN3)c3c(F)cccc3Cl)cc12. The molecule has 2 aliphatic rings. The van der Waals surface area contributed by atoms with Gasteiger partial charge >= 0.3 is 0 Å². The van der Waals surface area contributed by atoms with Gasteiger partial charge in [0.15, 0.2) is 0 Å². The molecule has 1 aliphatic carbocycles. The summed E-state index contributed by atoms with van der Waals surface area (Å²) in [7, 11) is 0. The Balaban J connectivity index is 1.60. The minimum atomic E-state index is -0.657. The predicted molar refractivity (Wildman–Crippen MR) is 151 cm³/mol. The summed E-state index contributed by atoms with van der Waals surface area (Å²) in [4.78, 5) is 4.44. The standard InChI is InChI=1S/C28H30Cl2FN7/c1-27(2,3)15-34-24-16(12-32)13-33-25-18(24)10-17(11-20(25)30)35-26(23-19(29)6-5-7-21(23)31)22-14-38(37-36-22)28(4)8-9-28/h5-7,10-11,13-14,26,35-37H,8-9,15H2,1-4H3,(H,33,34). The Labute approximate surface area is 231 Å². The molecule has 7 nitrogen and oxygen atoms in total. The molecule has 198 valence electrons. The minimum Gasteiger partial charge on any atom is -0.383 e. The van der Waals surface area contributed by atoms with Crippen molar-refractivity contribution in [3.63, 3.8) is 0 Å². The summed E-state index contributed by atoms with van der Waals surface area (Å²) in [6.45, 7) is 9.13. The zero-order chi connectivity index (χ0) is 27.2. The molecular formula is C28H30Cl2FN7. The summed E-state index contributed by atoms with van der Waals surface area (Å²) in [5.74, 6) is -0.429. The minimum absolute atomic E-state index is 0.0115. The Morgan fingerprint density at radius 2 is 2.00 bits per heavy atom. The van der Waals surface area contributed by atoms with Crippen LogP contribution >= 0.6 is 23.2 Å². The van der Waals surface area contributed by atoms with E-state index in [0.717, 1.165) is 12.8 Å². The summed E-state index contributed by atoms with van der Waals surface area (Å²) in [6, 6.07) is 9.84. The summed E-state index contributed by atoms with van der Waals surface area (Å²) in [6.07, 6.45) is 5.59. The molecule has 2 heterocycles. The van der Waals surface area contributed by atoms with Gasteiger partial charge in [-0.1, -0.05) is 50.0 Å². The van der Waals surface area contributed by atoms with E-state index < -0.39 is 11.9 Å². The first kappa shape index (κ1) is 26.4. The van der Waals surface area contributed by atoms with Gasteiger partial charge in [0.05, 0.1) is 39.1 Å². The molecule has 0 amide bonds. The smallest absolute Gasteiger partial charge is 0.130 e. The Bertz CT molecular complexity index is 1450. The number of fused-ring (bicyclic) bond motifs is 1. The fourth-order valence-electron chi connectivity index (χ4n) is 4.42. The Morgan fingerprint density at radius 3 is 2.66 bits per heavy atom. The molecule has 0 radical (unpaired) electrons. The van der Waals surface area contributed by atoms with Crippen molar-refractivity contribution in [2.75, 3.05) is 17.2 Å². The monoisotopic (exact) mass is 553 g/mol. The molecule has 0 saturated heterocycles. The zero-order valence-corrected chi connectivity index (χ0v) is 23.2. The second kappa shape index (κ2) is 9.81. The second-order valence-electron chi connectivity index (χ2n) is 11.3. The Kier molecular flexibility index (Phi) is 6.80. The fraction of sp³-hybridized carbons (Fsp3) is 0.357. The first-order chi connectivity index (χ1) is 18.0. The van der Waals surface area contributed by atoms with Crippen molar-refractivity contribution in [3.8, 4) is 6.07 Å². The van der Waals surface area contributed by atoms with Crippen LogP contribution < -0.4 is 21.6 Å². The van der Waals surface area contributed by atoms with Crippen LogP contribution in [0.5, 0.6) is 0 Å². The number of hydrazine groups is 2. The maximum atomic E-state index is 15.2.